The van der Waals surface area contributed by atoms with E-state index in [1.807, 2.05) is 18.3 Å². The molecule has 0 amide bonds. The van der Waals surface area contributed by atoms with Crippen molar-refractivity contribution in [2.75, 3.05) is 6.54 Å². The Labute approximate surface area is 158 Å². The second-order valence-electron chi connectivity index (χ2n) is 7.14. The summed E-state index contributed by atoms with van der Waals surface area (Å²) in [6, 6.07) is 12.4. The molecule has 0 saturated carbocycles. The van der Waals surface area contributed by atoms with Crippen molar-refractivity contribution in [1.29, 1.82) is 0 Å². The Hall–Kier alpha value is -3.05. The third-order valence-electron chi connectivity index (χ3n) is 5.36. The molecule has 3 aromatic heterocycles. The van der Waals surface area contributed by atoms with E-state index in [9.17, 15) is 0 Å². The number of benzene rings is 1. The number of aryl methyl sites for hydroxylation is 1. The van der Waals surface area contributed by atoms with Crippen LogP contribution in [0.2, 0.25) is 0 Å². The molecule has 5 nitrogen and oxygen atoms in total. The third kappa shape index (κ3) is 3.00. The van der Waals surface area contributed by atoms with Crippen molar-refractivity contribution in [2.24, 2.45) is 0 Å². The second kappa shape index (κ2) is 6.59. The highest BCUT2D eigenvalue weighted by molar-refractivity contribution is 5.84. The normalized spacial score (nSPS) is 14.4. The lowest BCUT2D eigenvalue weighted by molar-refractivity contribution is 0.243. The molecule has 5 rings (SSSR count). The zero-order valence-electron chi connectivity index (χ0n) is 15.3. The Bertz CT molecular complexity index is 1100. The van der Waals surface area contributed by atoms with Crippen LogP contribution < -0.4 is 0 Å². The summed E-state index contributed by atoms with van der Waals surface area (Å²) in [5.74, 6) is 0.789. The predicted octanol–water partition coefficient (Wildman–Crippen LogP) is 3.89. The van der Waals surface area contributed by atoms with Crippen LogP contribution in [0.1, 0.15) is 22.5 Å². The maximum atomic E-state index is 4.81. The van der Waals surface area contributed by atoms with E-state index in [-0.39, 0.29) is 0 Å². The molecule has 0 saturated heterocycles. The number of pyridine rings is 1. The molecule has 1 aliphatic rings. The van der Waals surface area contributed by atoms with E-state index >= 15 is 0 Å². The highest BCUT2D eigenvalue weighted by Crippen LogP contribution is 2.26. The van der Waals surface area contributed by atoms with Gasteiger partial charge in [-0.2, -0.15) is 0 Å². The van der Waals surface area contributed by atoms with Crippen molar-refractivity contribution in [1.82, 2.24) is 24.8 Å². The summed E-state index contributed by atoms with van der Waals surface area (Å²) in [4.78, 5) is 19.5. The lowest BCUT2D eigenvalue weighted by Crippen LogP contribution is -2.31. The molecule has 4 heterocycles. The maximum Gasteiger partial charge on any atom is 0.159 e. The van der Waals surface area contributed by atoms with Crippen molar-refractivity contribution in [2.45, 2.75) is 26.4 Å². The van der Waals surface area contributed by atoms with Gasteiger partial charge in [-0.3, -0.25) is 9.88 Å². The molecule has 0 spiro atoms. The highest BCUT2D eigenvalue weighted by atomic mass is 15.1. The smallest absolute Gasteiger partial charge is 0.159 e. The van der Waals surface area contributed by atoms with E-state index < -0.39 is 0 Å². The van der Waals surface area contributed by atoms with Crippen LogP contribution in [0.25, 0.3) is 22.3 Å². The van der Waals surface area contributed by atoms with E-state index in [0.717, 1.165) is 37.4 Å². The van der Waals surface area contributed by atoms with Gasteiger partial charge in [0.15, 0.2) is 5.82 Å². The fourth-order valence-electron chi connectivity index (χ4n) is 3.91. The van der Waals surface area contributed by atoms with Crippen LogP contribution in [0.3, 0.4) is 0 Å². The van der Waals surface area contributed by atoms with Gasteiger partial charge in [0, 0.05) is 72.4 Å². The minimum Gasteiger partial charge on any atom is -0.358 e. The van der Waals surface area contributed by atoms with Crippen LogP contribution in [0.15, 0.2) is 55.0 Å². The third-order valence-corrected chi connectivity index (χ3v) is 5.36. The number of hydrogen-bond acceptors (Lipinski definition) is 4. The van der Waals surface area contributed by atoms with Gasteiger partial charge in [0.1, 0.15) is 0 Å². The molecule has 0 atom stereocenters. The topological polar surface area (TPSA) is 57.7 Å². The molecule has 0 unspecified atom stereocenters. The average molecular weight is 355 g/mol. The summed E-state index contributed by atoms with van der Waals surface area (Å²) in [5.41, 5.74) is 7.28. The van der Waals surface area contributed by atoms with Gasteiger partial charge < -0.3 is 4.98 Å². The molecule has 4 aromatic rings. The standard InChI is InChI=1S/C22H21N5/c1-15-19(18-4-2-3-5-21(18)25-15)14-27-11-8-20-17(13-27)12-24-22(26-20)16-6-9-23-10-7-16/h2-7,9-10,12,25H,8,11,13-14H2,1H3. The molecule has 27 heavy (non-hydrogen) atoms. The number of hydrogen-bond donors (Lipinski definition) is 1. The Morgan fingerprint density at radius 3 is 2.85 bits per heavy atom. The minimum atomic E-state index is 0.789. The molecule has 1 aromatic carbocycles. The number of nitrogens with one attached hydrogen (secondary N) is 1. The van der Waals surface area contributed by atoms with Crippen molar-refractivity contribution >= 4 is 10.9 Å². The van der Waals surface area contributed by atoms with Crippen molar-refractivity contribution in [3.05, 3.63) is 77.5 Å². The van der Waals surface area contributed by atoms with E-state index in [2.05, 4.69) is 51.0 Å². The van der Waals surface area contributed by atoms with Crippen LogP contribution in [0.5, 0.6) is 0 Å². The number of para-hydroxylation sites is 1. The first-order valence-corrected chi connectivity index (χ1v) is 9.31. The lowest BCUT2D eigenvalue weighted by Gasteiger charge is -2.28. The largest absolute Gasteiger partial charge is 0.358 e. The first-order chi connectivity index (χ1) is 13.3. The number of H-pyrrole nitrogens is 1. The molecule has 0 radical (unpaired) electrons. The quantitative estimate of drug-likeness (QED) is 0.606. The Kier molecular flexibility index (Phi) is 3.94. The highest BCUT2D eigenvalue weighted by Gasteiger charge is 2.20. The zero-order chi connectivity index (χ0) is 18.2. The molecule has 0 bridgehead atoms. The summed E-state index contributed by atoms with van der Waals surface area (Å²) in [5, 5.41) is 1.32. The Morgan fingerprint density at radius 2 is 1.96 bits per heavy atom. The number of fused-ring (bicyclic) bond motifs is 2. The lowest BCUT2D eigenvalue weighted by atomic mass is 10.0. The van der Waals surface area contributed by atoms with Gasteiger partial charge in [0.2, 0.25) is 0 Å². The van der Waals surface area contributed by atoms with Gasteiger partial charge in [0.25, 0.3) is 0 Å². The van der Waals surface area contributed by atoms with E-state index in [0.29, 0.717) is 0 Å². The number of aromatic nitrogens is 4. The van der Waals surface area contributed by atoms with Gasteiger partial charge in [0.05, 0.1) is 5.69 Å². The van der Waals surface area contributed by atoms with Crippen LogP contribution in [0.4, 0.5) is 0 Å². The first kappa shape index (κ1) is 16.1. The SMILES string of the molecule is Cc1[nH]c2ccccc2c1CN1CCc2nc(-c3ccncc3)ncc2C1. The minimum absolute atomic E-state index is 0.789. The van der Waals surface area contributed by atoms with Crippen molar-refractivity contribution in [3.63, 3.8) is 0 Å². The van der Waals surface area contributed by atoms with Gasteiger partial charge in [-0.1, -0.05) is 18.2 Å². The van der Waals surface area contributed by atoms with Gasteiger partial charge in [-0.15, -0.1) is 0 Å². The van der Waals surface area contributed by atoms with Crippen LogP contribution in [0, 0.1) is 6.92 Å². The fraction of sp³-hybridized carbons (Fsp3) is 0.227. The second-order valence-corrected chi connectivity index (χ2v) is 7.14. The van der Waals surface area contributed by atoms with Crippen molar-refractivity contribution in [3.8, 4) is 11.4 Å². The molecule has 134 valence electrons. The van der Waals surface area contributed by atoms with Gasteiger partial charge >= 0.3 is 0 Å². The summed E-state index contributed by atoms with van der Waals surface area (Å²) in [6.45, 7) is 5.02. The molecule has 0 fully saturated rings. The molecular weight excluding hydrogens is 334 g/mol. The number of aromatic amines is 1. The van der Waals surface area contributed by atoms with Crippen LogP contribution >= 0.6 is 0 Å². The average Bonchev–Trinajstić information content (AvgIpc) is 3.03. The molecule has 0 aliphatic carbocycles. The molecule has 5 heteroatoms. The zero-order valence-corrected chi connectivity index (χ0v) is 15.3. The molecular formula is C22H21N5. The predicted molar refractivity (Wildman–Crippen MR) is 106 cm³/mol. The maximum absolute atomic E-state index is 4.81. The van der Waals surface area contributed by atoms with Gasteiger partial charge in [-0.05, 0) is 30.7 Å². The monoisotopic (exact) mass is 355 g/mol. The Balaban J connectivity index is 1.39. The summed E-state index contributed by atoms with van der Waals surface area (Å²) in [6.07, 6.45) is 6.51. The van der Waals surface area contributed by atoms with Gasteiger partial charge in [-0.25, -0.2) is 9.97 Å². The summed E-state index contributed by atoms with van der Waals surface area (Å²) < 4.78 is 0. The van der Waals surface area contributed by atoms with Crippen LogP contribution in [-0.4, -0.2) is 31.4 Å². The molecule has 1 aliphatic heterocycles. The van der Waals surface area contributed by atoms with Crippen molar-refractivity contribution < 1.29 is 0 Å². The van der Waals surface area contributed by atoms with E-state index in [1.165, 1.54) is 33.4 Å². The van der Waals surface area contributed by atoms with E-state index in [1.54, 1.807) is 12.4 Å². The number of rotatable bonds is 3. The fourth-order valence-corrected chi connectivity index (χ4v) is 3.91. The summed E-state index contributed by atoms with van der Waals surface area (Å²) >= 11 is 0. The van der Waals surface area contributed by atoms with Crippen LogP contribution in [-0.2, 0) is 19.5 Å². The Morgan fingerprint density at radius 1 is 1.11 bits per heavy atom. The summed E-state index contributed by atoms with van der Waals surface area (Å²) in [7, 11) is 0. The van der Waals surface area contributed by atoms with E-state index in [4.69, 9.17) is 4.98 Å². The number of nitrogens with zero attached hydrogens (tertiary/aromatic N) is 4. The molecule has 1 N–H and O–H groups in total. The first-order valence-electron chi connectivity index (χ1n) is 9.31.